The zero-order valence-electron chi connectivity index (χ0n) is 13.3. The van der Waals surface area contributed by atoms with Gasteiger partial charge >= 0.3 is 11.7 Å². The largest absolute Gasteiger partial charge is 0.464 e. The molecule has 0 aromatic carbocycles. The van der Waals surface area contributed by atoms with Gasteiger partial charge in [-0.05, 0) is 6.92 Å². The van der Waals surface area contributed by atoms with Crippen molar-refractivity contribution in [3.8, 4) is 0 Å². The van der Waals surface area contributed by atoms with Crippen LogP contribution in [0.1, 0.15) is 22.6 Å². The van der Waals surface area contributed by atoms with Crippen molar-refractivity contribution in [1.82, 2.24) is 19.6 Å². The molecule has 0 saturated carbocycles. The SMILES string of the molecule is COC(=O)c1nn(C)cc1NC(=O)CCn1ncc([N+](=O)[O-])c1C. The highest BCUT2D eigenvalue weighted by Gasteiger charge is 2.19. The number of nitrogens with one attached hydrogen (secondary N) is 1. The van der Waals surface area contributed by atoms with Crippen LogP contribution in [0.2, 0.25) is 0 Å². The van der Waals surface area contributed by atoms with Gasteiger partial charge in [-0.2, -0.15) is 10.2 Å². The third-order valence-electron chi connectivity index (χ3n) is 3.31. The van der Waals surface area contributed by atoms with E-state index in [1.54, 1.807) is 14.0 Å². The zero-order chi connectivity index (χ0) is 17.9. The maximum atomic E-state index is 12.0. The molecule has 128 valence electrons. The predicted molar refractivity (Wildman–Crippen MR) is 81.4 cm³/mol. The summed E-state index contributed by atoms with van der Waals surface area (Å²) in [5.74, 6) is -1.05. The second-order valence-electron chi connectivity index (χ2n) is 4.95. The number of amides is 1. The average Bonchev–Trinajstić information content (AvgIpc) is 3.07. The first-order valence-electron chi connectivity index (χ1n) is 6.92. The molecule has 2 heterocycles. The molecule has 2 aromatic heterocycles. The van der Waals surface area contributed by atoms with Gasteiger partial charge in [0.25, 0.3) is 0 Å². The van der Waals surface area contributed by atoms with Crippen LogP contribution in [-0.4, -0.2) is 43.5 Å². The van der Waals surface area contributed by atoms with Crippen molar-refractivity contribution in [1.29, 1.82) is 0 Å². The van der Waals surface area contributed by atoms with E-state index in [2.05, 4.69) is 20.3 Å². The van der Waals surface area contributed by atoms with E-state index in [-0.39, 0.29) is 35.9 Å². The summed E-state index contributed by atoms with van der Waals surface area (Å²) in [6.07, 6.45) is 2.65. The first kappa shape index (κ1) is 17.1. The number of aromatic nitrogens is 4. The van der Waals surface area contributed by atoms with Crippen LogP contribution in [0.3, 0.4) is 0 Å². The van der Waals surface area contributed by atoms with E-state index in [1.807, 2.05) is 0 Å². The Kier molecular flexibility index (Phi) is 4.92. The number of hydrogen-bond acceptors (Lipinski definition) is 7. The van der Waals surface area contributed by atoms with Gasteiger partial charge in [-0.3, -0.25) is 24.3 Å². The number of hydrogen-bond donors (Lipinski definition) is 1. The molecule has 0 aliphatic heterocycles. The topological polar surface area (TPSA) is 134 Å². The molecular weight excluding hydrogens is 320 g/mol. The summed E-state index contributed by atoms with van der Waals surface area (Å²) in [5.41, 5.74) is 0.497. The molecule has 1 N–H and O–H groups in total. The van der Waals surface area contributed by atoms with Crippen molar-refractivity contribution in [3.05, 3.63) is 33.9 Å². The molecule has 11 heteroatoms. The molecule has 0 radical (unpaired) electrons. The van der Waals surface area contributed by atoms with Gasteiger partial charge in [0, 0.05) is 19.7 Å². The van der Waals surface area contributed by atoms with Gasteiger partial charge in [0.05, 0.1) is 24.3 Å². The molecule has 0 saturated heterocycles. The molecule has 0 unspecified atom stereocenters. The van der Waals surface area contributed by atoms with Gasteiger partial charge < -0.3 is 10.1 Å². The fourth-order valence-electron chi connectivity index (χ4n) is 2.09. The molecular formula is C13H16N6O5. The van der Waals surface area contributed by atoms with Crippen molar-refractivity contribution in [2.24, 2.45) is 7.05 Å². The van der Waals surface area contributed by atoms with E-state index in [0.29, 0.717) is 5.69 Å². The second kappa shape index (κ2) is 6.89. The third-order valence-corrected chi connectivity index (χ3v) is 3.31. The zero-order valence-corrected chi connectivity index (χ0v) is 13.3. The Morgan fingerprint density at radius 2 is 2.17 bits per heavy atom. The lowest BCUT2D eigenvalue weighted by molar-refractivity contribution is -0.385. The molecule has 24 heavy (non-hydrogen) atoms. The van der Waals surface area contributed by atoms with Gasteiger partial charge in [-0.1, -0.05) is 0 Å². The van der Waals surface area contributed by atoms with Crippen LogP contribution in [-0.2, 0) is 23.1 Å². The number of nitrogens with zero attached hydrogens (tertiary/aromatic N) is 5. The lowest BCUT2D eigenvalue weighted by Crippen LogP contribution is -2.17. The minimum Gasteiger partial charge on any atom is -0.464 e. The average molecular weight is 336 g/mol. The maximum absolute atomic E-state index is 12.0. The molecule has 0 spiro atoms. The number of carbonyl (C=O) groups is 2. The van der Waals surface area contributed by atoms with E-state index in [1.165, 1.54) is 22.7 Å². The number of ether oxygens (including phenoxy) is 1. The van der Waals surface area contributed by atoms with Gasteiger partial charge in [0.1, 0.15) is 11.9 Å². The van der Waals surface area contributed by atoms with E-state index in [9.17, 15) is 19.7 Å². The first-order chi connectivity index (χ1) is 11.3. The molecule has 0 fully saturated rings. The minimum absolute atomic E-state index is 0.000687. The quantitative estimate of drug-likeness (QED) is 0.465. The van der Waals surface area contributed by atoms with Crippen LogP contribution in [0, 0.1) is 17.0 Å². The number of carbonyl (C=O) groups excluding carboxylic acids is 2. The molecule has 0 atom stereocenters. The number of anilines is 1. The lowest BCUT2D eigenvalue weighted by Gasteiger charge is -2.05. The lowest BCUT2D eigenvalue weighted by atomic mass is 10.3. The first-order valence-corrected chi connectivity index (χ1v) is 6.92. The molecule has 2 aromatic rings. The number of methoxy groups -OCH3 is 1. The Bertz CT molecular complexity index is 793. The molecule has 11 nitrogen and oxygen atoms in total. The summed E-state index contributed by atoms with van der Waals surface area (Å²) < 4.78 is 7.35. The highest BCUT2D eigenvalue weighted by atomic mass is 16.6. The smallest absolute Gasteiger partial charge is 0.360 e. The fraction of sp³-hybridized carbons (Fsp3) is 0.385. The van der Waals surface area contributed by atoms with Crippen molar-refractivity contribution in [3.63, 3.8) is 0 Å². The normalized spacial score (nSPS) is 10.5. The van der Waals surface area contributed by atoms with Gasteiger partial charge in [0.2, 0.25) is 5.91 Å². The number of rotatable bonds is 6. The van der Waals surface area contributed by atoms with Crippen LogP contribution in [0.15, 0.2) is 12.4 Å². The summed E-state index contributed by atoms with van der Waals surface area (Å²) >= 11 is 0. The van der Waals surface area contributed by atoms with E-state index in [4.69, 9.17) is 0 Å². The third kappa shape index (κ3) is 3.56. The highest BCUT2D eigenvalue weighted by Crippen LogP contribution is 2.17. The standard InChI is InChI=1S/C13H16N6O5/c1-8-10(19(22)23)6-14-18(8)5-4-11(20)15-9-7-17(2)16-12(9)13(21)24-3/h6-7H,4-5H2,1-3H3,(H,15,20). The van der Waals surface area contributed by atoms with Crippen molar-refractivity contribution in [2.75, 3.05) is 12.4 Å². The fourth-order valence-corrected chi connectivity index (χ4v) is 2.09. The molecule has 2 rings (SSSR count). The van der Waals surface area contributed by atoms with E-state index >= 15 is 0 Å². The Morgan fingerprint density at radius 1 is 1.46 bits per heavy atom. The number of esters is 1. The van der Waals surface area contributed by atoms with Crippen LogP contribution in [0.25, 0.3) is 0 Å². The van der Waals surface area contributed by atoms with Crippen LogP contribution >= 0.6 is 0 Å². The van der Waals surface area contributed by atoms with Gasteiger partial charge in [0.15, 0.2) is 5.69 Å². The summed E-state index contributed by atoms with van der Waals surface area (Å²) in [6, 6.07) is 0. The number of aryl methyl sites for hydroxylation is 2. The summed E-state index contributed by atoms with van der Waals surface area (Å²) in [4.78, 5) is 33.9. The Balaban J connectivity index is 2.02. The Labute approximate surface area is 136 Å². The summed E-state index contributed by atoms with van der Waals surface area (Å²) in [7, 11) is 2.82. The molecule has 0 aliphatic rings. The number of nitro groups is 1. The van der Waals surface area contributed by atoms with Gasteiger partial charge in [-0.15, -0.1) is 0 Å². The van der Waals surface area contributed by atoms with Crippen molar-refractivity contribution < 1.29 is 19.2 Å². The van der Waals surface area contributed by atoms with Crippen LogP contribution < -0.4 is 5.32 Å². The van der Waals surface area contributed by atoms with Crippen molar-refractivity contribution >= 4 is 23.3 Å². The maximum Gasteiger partial charge on any atom is 0.360 e. The minimum atomic E-state index is -0.663. The molecule has 0 aliphatic carbocycles. The summed E-state index contributed by atoms with van der Waals surface area (Å²) in [6.45, 7) is 1.72. The second-order valence-corrected chi connectivity index (χ2v) is 4.95. The van der Waals surface area contributed by atoms with E-state index < -0.39 is 10.9 Å². The van der Waals surface area contributed by atoms with Gasteiger partial charge in [-0.25, -0.2) is 4.79 Å². The Morgan fingerprint density at radius 3 is 2.75 bits per heavy atom. The Hall–Kier alpha value is -3.24. The summed E-state index contributed by atoms with van der Waals surface area (Å²) in [5, 5.41) is 21.1. The monoisotopic (exact) mass is 336 g/mol. The molecule has 0 bridgehead atoms. The molecule has 1 amide bonds. The van der Waals surface area contributed by atoms with Crippen LogP contribution in [0.5, 0.6) is 0 Å². The predicted octanol–water partition coefficient (Wildman–Crippen LogP) is 0.649. The van der Waals surface area contributed by atoms with E-state index in [0.717, 1.165) is 6.20 Å². The van der Waals surface area contributed by atoms with Crippen LogP contribution in [0.4, 0.5) is 11.4 Å². The highest BCUT2D eigenvalue weighted by molar-refractivity contribution is 5.99. The van der Waals surface area contributed by atoms with Crippen molar-refractivity contribution in [2.45, 2.75) is 19.9 Å².